The number of aromatic nitrogens is 2. The van der Waals surface area contributed by atoms with Crippen LogP contribution in [0.4, 0.5) is 5.69 Å². The predicted octanol–water partition coefficient (Wildman–Crippen LogP) is 5.24. The van der Waals surface area contributed by atoms with Crippen molar-refractivity contribution in [2.45, 2.75) is 6.92 Å². The lowest BCUT2D eigenvalue weighted by molar-refractivity contribution is -0.112. The van der Waals surface area contributed by atoms with E-state index in [2.05, 4.69) is 15.5 Å². The molecule has 3 aromatic rings. The van der Waals surface area contributed by atoms with Crippen LogP contribution in [-0.4, -0.2) is 16.1 Å². The summed E-state index contributed by atoms with van der Waals surface area (Å²) in [6, 6.07) is 14.4. The standard InChI is InChI=1S/C20H14Cl2N4O/c1-12-2-4-13(5-3-12)19-15(11-24-26-19)8-14(10-23)20(27)25-18-9-16(21)6-7-17(18)22/h2-9,11H,1H3,(H,24,26)(H,25,27)/b14-8+. The van der Waals surface area contributed by atoms with Gasteiger partial charge in [0.1, 0.15) is 11.6 Å². The first-order valence-electron chi connectivity index (χ1n) is 7.96. The molecule has 7 heteroatoms. The highest BCUT2D eigenvalue weighted by atomic mass is 35.5. The van der Waals surface area contributed by atoms with Crippen LogP contribution in [0, 0.1) is 18.3 Å². The van der Waals surface area contributed by atoms with E-state index in [0.717, 1.165) is 16.8 Å². The number of aromatic amines is 1. The normalized spacial score (nSPS) is 11.1. The Morgan fingerprint density at radius 2 is 1.96 bits per heavy atom. The lowest BCUT2D eigenvalue weighted by Crippen LogP contribution is -2.13. The number of nitrogens with zero attached hydrogens (tertiary/aromatic N) is 2. The maximum absolute atomic E-state index is 12.5. The van der Waals surface area contributed by atoms with Gasteiger partial charge in [-0.3, -0.25) is 9.89 Å². The summed E-state index contributed by atoms with van der Waals surface area (Å²) < 4.78 is 0. The molecule has 2 aromatic carbocycles. The Balaban J connectivity index is 1.90. The van der Waals surface area contributed by atoms with Gasteiger partial charge < -0.3 is 5.32 Å². The Bertz CT molecular complexity index is 1060. The van der Waals surface area contributed by atoms with E-state index in [1.54, 1.807) is 18.3 Å². The number of halogens is 2. The van der Waals surface area contributed by atoms with Gasteiger partial charge in [0.2, 0.25) is 0 Å². The second kappa shape index (κ2) is 8.09. The molecule has 27 heavy (non-hydrogen) atoms. The van der Waals surface area contributed by atoms with E-state index in [4.69, 9.17) is 23.2 Å². The zero-order valence-corrected chi connectivity index (χ0v) is 15.8. The molecular weight excluding hydrogens is 383 g/mol. The summed E-state index contributed by atoms with van der Waals surface area (Å²) >= 11 is 12.0. The monoisotopic (exact) mass is 396 g/mol. The molecule has 0 aliphatic carbocycles. The molecule has 134 valence electrons. The van der Waals surface area contributed by atoms with Crippen LogP contribution in [0.3, 0.4) is 0 Å². The number of nitriles is 1. The third-order valence-electron chi connectivity index (χ3n) is 3.85. The molecule has 5 nitrogen and oxygen atoms in total. The van der Waals surface area contributed by atoms with Gasteiger partial charge in [0.05, 0.1) is 22.6 Å². The minimum absolute atomic E-state index is 0.0826. The Morgan fingerprint density at radius 3 is 2.67 bits per heavy atom. The fraction of sp³-hybridized carbons (Fsp3) is 0.0500. The molecule has 0 unspecified atom stereocenters. The Morgan fingerprint density at radius 1 is 1.22 bits per heavy atom. The van der Waals surface area contributed by atoms with Crippen molar-refractivity contribution < 1.29 is 4.79 Å². The fourth-order valence-corrected chi connectivity index (χ4v) is 2.78. The van der Waals surface area contributed by atoms with Crippen molar-refractivity contribution in [2.24, 2.45) is 0 Å². The van der Waals surface area contributed by atoms with Crippen LogP contribution < -0.4 is 5.32 Å². The van der Waals surface area contributed by atoms with E-state index >= 15 is 0 Å². The highest BCUT2D eigenvalue weighted by Gasteiger charge is 2.14. The van der Waals surface area contributed by atoms with Crippen molar-refractivity contribution >= 4 is 40.9 Å². The number of anilines is 1. The van der Waals surface area contributed by atoms with Crippen LogP contribution in [0.25, 0.3) is 17.3 Å². The van der Waals surface area contributed by atoms with E-state index in [1.807, 2.05) is 37.3 Å². The quantitative estimate of drug-likeness (QED) is 0.467. The van der Waals surface area contributed by atoms with Crippen LogP contribution in [0.2, 0.25) is 10.0 Å². The molecule has 2 N–H and O–H groups in total. The zero-order valence-electron chi connectivity index (χ0n) is 14.3. The van der Waals surface area contributed by atoms with Crippen molar-refractivity contribution in [1.29, 1.82) is 5.26 Å². The molecule has 3 rings (SSSR count). The fourth-order valence-electron chi connectivity index (χ4n) is 2.44. The number of rotatable bonds is 4. The van der Waals surface area contributed by atoms with Gasteiger partial charge in [-0.1, -0.05) is 53.0 Å². The summed E-state index contributed by atoms with van der Waals surface area (Å²) in [5, 5.41) is 19.7. The molecule has 0 aliphatic heterocycles. The number of hydrogen-bond donors (Lipinski definition) is 2. The van der Waals surface area contributed by atoms with Crippen molar-refractivity contribution in [1.82, 2.24) is 10.2 Å². The minimum atomic E-state index is -0.585. The molecule has 0 bridgehead atoms. The van der Waals surface area contributed by atoms with Gasteiger partial charge in [-0.15, -0.1) is 0 Å². The molecule has 0 radical (unpaired) electrons. The average molecular weight is 397 g/mol. The van der Waals surface area contributed by atoms with Crippen molar-refractivity contribution in [3.8, 4) is 17.3 Å². The first-order chi connectivity index (χ1) is 13.0. The zero-order chi connectivity index (χ0) is 19.4. The SMILES string of the molecule is Cc1ccc(-c2[nH]ncc2/C=C(\C#N)C(=O)Nc2cc(Cl)ccc2Cl)cc1. The second-order valence-corrected chi connectivity index (χ2v) is 6.66. The van der Waals surface area contributed by atoms with Crippen molar-refractivity contribution in [3.63, 3.8) is 0 Å². The van der Waals surface area contributed by atoms with Crippen molar-refractivity contribution in [2.75, 3.05) is 5.32 Å². The molecule has 0 saturated carbocycles. The van der Waals surface area contributed by atoms with E-state index in [0.29, 0.717) is 21.3 Å². The minimum Gasteiger partial charge on any atom is -0.320 e. The summed E-state index contributed by atoms with van der Waals surface area (Å²) in [5.41, 5.74) is 3.63. The van der Waals surface area contributed by atoms with Crippen LogP contribution in [-0.2, 0) is 4.79 Å². The lowest BCUT2D eigenvalue weighted by Gasteiger charge is -2.07. The molecule has 1 heterocycles. The topological polar surface area (TPSA) is 81.6 Å². The van der Waals surface area contributed by atoms with Crippen LogP contribution in [0.5, 0.6) is 0 Å². The van der Waals surface area contributed by atoms with Gasteiger partial charge in [0.25, 0.3) is 5.91 Å². The number of nitrogens with one attached hydrogen (secondary N) is 2. The summed E-state index contributed by atoms with van der Waals surface area (Å²) in [6.45, 7) is 2.00. The Labute approximate surface area is 166 Å². The maximum Gasteiger partial charge on any atom is 0.266 e. The summed E-state index contributed by atoms with van der Waals surface area (Å²) in [5.74, 6) is -0.585. The third kappa shape index (κ3) is 4.37. The first kappa shape index (κ1) is 18.7. The maximum atomic E-state index is 12.5. The van der Waals surface area contributed by atoms with Crippen LogP contribution in [0.1, 0.15) is 11.1 Å². The van der Waals surface area contributed by atoms with Crippen LogP contribution in [0.15, 0.2) is 54.2 Å². The van der Waals surface area contributed by atoms with Crippen LogP contribution >= 0.6 is 23.2 Å². The van der Waals surface area contributed by atoms with Gasteiger partial charge in [0, 0.05) is 16.1 Å². The highest BCUT2D eigenvalue weighted by Crippen LogP contribution is 2.27. The average Bonchev–Trinajstić information content (AvgIpc) is 3.11. The summed E-state index contributed by atoms with van der Waals surface area (Å²) in [4.78, 5) is 12.5. The van der Waals surface area contributed by atoms with Gasteiger partial charge in [-0.25, -0.2) is 0 Å². The van der Waals surface area contributed by atoms with Crippen molar-refractivity contribution in [3.05, 3.63) is 75.4 Å². The van der Waals surface area contributed by atoms with Gasteiger partial charge >= 0.3 is 0 Å². The number of H-pyrrole nitrogens is 1. The number of carbonyl (C=O) groups excluding carboxylic acids is 1. The molecule has 0 fully saturated rings. The Kier molecular flexibility index (Phi) is 5.60. The summed E-state index contributed by atoms with van der Waals surface area (Å²) in [6.07, 6.45) is 3.04. The van der Waals surface area contributed by atoms with Gasteiger partial charge in [-0.2, -0.15) is 10.4 Å². The summed E-state index contributed by atoms with van der Waals surface area (Å²) in [7, 11) is 0. The molecular formula is C20H14Cl2N4O. The van der Waals surface area contributed by atoms with Gasteiger partial charge in [-0.05, 0) is 31.2 Å². The number of benzene rings is 2. The highest BCUT2D eigenvalue weighted by molar-refractivity contribution is 6.36. The smallest absolute Gasteiger partial charge is 0.266 e. The number of carbonyl (C=O) groups is 1. The molecule has 0 atom stereocenters. The molecule has 1 aromatic heterocycles. The number of hydrogen-bond acceptors (Lipinski definition) is 3. The Hall–Kier alpha value is -3.07. The largest absolute Gasteiger partial charge is 0.320 e. The molecule has 1 amide bonds. The predicted molar refractivity (Wildman–Crippen MR) is 107 cm³/mol. The lowest BCUT2D eigenvalue weighted by atomic mass is 10.0. The second-order valence-electron chi connectivity index (χ2n) is 5.81. The third-order valence-corrected chi connectivity index (χ3v) is 4.42. The molecule has 0 saturated heterocycles. The van der Waals surface area contributed by atoms with E-state index in [9.17, 15) is 10.1 Å². The first-order valence-corrected chi connectivity index (χ1v) is 8.72. The van der Waals surface area contributed by atoms with E-state index in [-0.39, 0.29) is 5.57 Å². The molecule has 0 spiro atoms. The van der Waals surface area contributed by atoms with E-state index < -0.39 is 5.91 Å². The number of aryl methyl sites for hydroxylation is 1. The van der Waals surface area contributed by atoms with Gasteiger partial charge in [0.15, 0.2) is 0 Å². The van der Waals surface area contributed by atoms with E-state index in [1.165, 1.54) is 12.1 Å². The number of amides is 1. The molecule has 0 aliphatic rings.